The van der Waals surface area contributed by atoms with Crippen LogP contribution in [-0.4, -0.2) is 18.9 Å². The molecule has 6 heavy (non-hydrogen) atoms. The van der Waals surface area contributed by atoms with Crippen molar-refractivity contribution in [1.82, 2.24) is 5.32 Å². The summed E-state index contributed by atoms with van der Waals surface area (Å²) in [6, 6.07) is 0.574. The largest absolute Gasteiger partial charge is 0.372 e. The summed E-state index contributed by atoms with van der Waals surface area (Å²) >= 11 is 0. The van der Waals surface area contributed by atoms with Gasteiger partial charge in [-0.2, -0.15) is 0 Å². The second-order valence-electron chi connectivity index (χ2n) is 1.56. The highest BCUT2D eigenvalue weighted by atomic mass is 15.0. The maximum atomic E-state index is 3.93. The Morgan fingerprint density at radius 3 is 3.17 bits per heavy atom. The molecular formula is C4H10N2. The van der Waals surface area contributed by atoms with E-state index in [-0.39, 0.29) is 1.43 Å². The van der Waals surface area contributed by atoms with Crippen molar-refractivity contribution in [2.45, 2.75) is 13.0 Å². The fourth-order valence-electron chi connectivity index (χ4n) is 0.443. The second-order valence-corrected chi connectivity index (χ2v) is 1.56. The molecule has 0 saturated heterocycles. The van der Waals surface area contributed by atoms with E-state index < -0.39 is 0 Å². The molecule has 36 valence electrons. The zero-order valence-electron chi connectivity index (χ0n) is 3.81. The third kappa shape index (κ3) is 0.506. The first kappa shape index (κ1) is 3.65. The van der Waals surface area contributed by atoms with Crippen LogP contribution in [0.15, 0.2) is 4.99 Å². The van der Waals surface area contributed by atoms with Crippen LogP contribution in [-0.2, 0) is 0 Å². The van der Waals surface area contributed by atoms with E-state index in [1.165, 1.54) is 0 Å². The fourth-order valence-corrected chi connectivity index (χ4v) is 0.443. The van der Waals surface area contributed by atoms with Crippen molar-refractivity contribution in [3.05, 3.63) is 0 Å². The average Bonchev–Trinajstić information content (AvgIpc) is 1.86. The summed E-state index contributed by atoms with van der Waals surface area (Å²) in [6.07, 6.45) is 1.75. The Morgan fingerprint density at radius 1 is 2.17 bits per heavy atom. The van der Waals surface area contributed by atoms with Crippen LogP contribution < -0.4 is 5.32 Å². The number of rotatable bonds is 0. The lowest BCUT2D eigenvalue weighted by molar-refractivity contribution is 0.729. The maximum absolute atomic E-state index is 3.93. The van der Waals surface area contributed by atoms with Crippen LogP contribution in [0.5, 0.6) is 0 Å². The van der Waals surface area contributed by atoms with Crippen LogP contribution in [0.4, 0.5) is 0 Å². The van der Waals surface area contributed by atoms with Crippen molar-refractivity contribution >= 4 is 6.34 Å². The van der Waals surface area contributed by atoms with Gasteiger partial charge in [0.2, 0.25) is 0 Å². The molecule has 0 aromatic carbocycles. The monoisotopic (exact) mass is 86.1 g/mol. The van der Waals surface area contributed by atoms with Crippen molar-refractivity contribution in [2.75, 3.05) is 6.54 Å². The van der Waals surface area contributed by atoms with E-state index in [0.717, 1.165) is 6.54 Å². The molecule has 1 heterocycles. The van der Waals surface area contributed by atoms with Gasteiger partial charge in [0.1, 0.15) is 0 Å². The molecule has 1 aliphatic heterocycles. The van der Waals surface area contributed by atoms with Gasteiger partial charge in [-0.1, -0.05) is 0 Å². The van der Waals surface area contributed by atoms with Crippen LogP contribution in [0.1, 0.15) is 8.35 Å². The predicted octanol–water partition coefficient (Wildman–Crippen LogP) is 0.252. The van der Waals surface area contributed by atoms with Gasteiger partial charge < -0.3 is 5.32 Å². The zero-order valence-corrected chi connectivity index (χ0v) is 3.81. The number of hydrogen-bond donors (Lipinski definition) is 1. The van der Waals surface area contributed by atoms with Gasteiger partial charge in [-0.25, -0.2) is 0 Å². The van der Waals surface area contributed by atoms with Crippen LogP contribution in [0.3, 0.4) is 0 Å². The Bertz CT molecular complexity index is 64.1. The molecule has 0 aromatic heterocycles. The van der Waals surface area contributed by atoms with Crippen LogP contribution in [0, 0.1) is 0 Å². The topological polar surface area (TPSA) is 24.4 Å². The van der Waals surface area contributed by atoms with Crippen molar-refractivity contribution in [3.63, 3.8) is 0 Å². The Balaban J connectivity index is 0.000000360. The SMILES string of the molecule is CC1CN=CN1.[HH]. The third-order valence-corrected chi connectivity index (χ3v) is 0.830. The van der Waals surface area contributed by atoms with Gasteiger partial charge in [0.15, 0.2) is 0 Å². The number of nitrogens with zero attached hydrogens (tertiary/aromatic N) is 1. The third-order valence-electron chi connectivity index (χ3n) is 0.830. The first-order valence-electron chi connectivity index (χ1n) is 2.14. The van der Waals surface area contributed by atoms with E-state index in [9.17, 15) is 0 Å². The Morgan fingerprint density at radius 2 is 3.00 bits per heavy atom. The summed E-state index contributed by atoms with van der Waals surface area (Å²) in [5.41, 5.74) is 0. The highest BCUT2D eigenvalue weighted by Gasteiger charge is 1.98. The maximum Gasteiger partial charge on any atom is 0.0827 e. The molecule has 0 aromatic rings. The molecule has 0 radical (unpaired) electrons. The smallest absolute Gasteiger partial charge is 0.0827 e. The molecular weight excluding hydrogens is 76.1 g/mol. The van der Waals surface area contributed by atoms with E-state index in [1.807, 2.05) is 0 Å². The minimum atomic E-state index is 0. The molecule has 0 bridgehead atoms. The molecule has 2 nitrogen and oxygen atoms in total. The van der Waals surface area contributed by atoms with E-state index in [2.05, 4.69) is 17.2 Å². The van der Waals surface area contributed by atoms with E-state index in [0.29, 0.717) is 6.04 Å². The van der Waals surface area contributed by atoms with Crippen LogP contribution in [0.25, 0.3) is 0 Å². The van der Waals surface area contributed by atoms with Gasteiger partial charge in [-0.05, 0) is 6.92 Å². The van der Waals surface area contributed by atoms with Crippen LogP contribution >= 0.6 is 0 Å². The van der Waals surface area contributed by atoms with Crippen molar-refractivity contribution in [2.24, 2.45) is 4.99 Å². The number of nitrogens with one attached hydrogen (secondary N) is 1. The first-order valence-corrected chi connectivity index (χ1v) is 2.14. The van der Waals surface area contributed by atoms with Gasteiger partial charge in [-0.15, -0.1) is 0 Å². The van der Waals surface area contributed by atoms with Gasteiger partial charge in [0.05, 0.1) is 12.9 Å². The van der Waals surface area contributed by atoms with E-state index in [4.69, 9.17) is 0 Å². The lowest BCUT2D eigenvalue weighted by Crippen LogP contribution is -2.19. The Labute approximate surface area is 38.8 Å². The summed E-state index contributed by atoms with van der Waals surface area (Å²) < 4.78 is 0. The van der Waals surface area contributed by atoms with Gasteiger partial charge in [0, 0.05) is 7.47 Å². The van der Waals surface area contributed by atoms with Crippen LogP contribution in [0.2, 0.25) is 0 Å². The van der Waals surface area contributed by atoms with E-state index >= 15 is 0 Å². The Hall–Kier alpha value is -0.530. The highest BCUT2D eigenvalue weighted by molar-refractivity contribution is 5.56. The minimum absolute atomic E-state index is 0. The molecule has 0 saturated carbocycles. The second kappa shape index (κ2) is 1.29. The average molecular weight is 86.1 g/mol. The summed E-state index contributed by atoms with van der Waals surface area (Å²) in [5.74, 6) is 0. The number of aliphatic imine (C=N–C) groups is 1. The standard InChI is InChI=1S/C4H8N2.H2/c1-4-2-5-3-6-4;/h3-4H,2H2,1H3,(H,5,6);1H. The fraction of sp³-hybridized carbons (Fsp3) is 0.750. The molecule has 1 unspecified atom stereocenters. The lowest BCUT2D eigenvalue weighted by Gasteiger charge is -1.94. The van der Waals surface area contributed by atoms with Gasteiger partial charge >= 0.3 is 0 Å². The van der Waals surface area contributed by atoms with E-state index in [1.54, 1.807) is 6.34 Å². The highest BCUT2D eigenvalue weighted by Crippen LogP contribution is 1.84. The lowest BCUT2D eigenvalue weighted by atomic mass is 10.4. The van der Waals surface area contributed by atoms with Crippen molar-refractivity contribution < 1.29 is 1.43 Å². The van der Waals surface area contributed by atoms with Gasteiger partial charge in [-0.3, -0.25) is 4.99 Å². The molecule has 1 rings (SSSR count). The van der Waals surface area contributed by atoms with Crippen molar-refractivity contribution in [3.8, 4) is 0 Å². The molecule has 0 spiro atoms. The summed E-state index contributed by atoms with van der Waals surface area (Å²) in [7, 11) is 0. The molecule has 1 N–H and O–H groups in total. The summed E-state index contributed by atoms with van der Waals surface area (Å²) in [5, 5.41) is 3.03. The normalized spacial score (nSPS) is 30.5. The number of hydrogen-bond acceptors (Lipinski definition) is 2. The van der Waals surface area contributed by atoms with Gasteiger partial charge in [0.25, 0.3) is 0 Å². The van der Waals surface area contributed by atoms with Crippen molar-refractivity contribution in [1.29, 1.82) is 0 Å². The predicted molar refractivity (Wildman–Crippen MR) is 28.1 cm³/mol. The molecule has 0 fully saturated rings. The zero-order chi connectivity index (χ0) is 4.41. The molecule has 0 aliphatic carbocycles. The molecule has 2 heteroatoms. The Kier molecular flexibility index (Phi) is 0.783. The summed E-state index contributed by atoms with van der Waals surface area (Å²) in [6.45, 7) is 3.05. The molecule has 0 amide bonds. The first-order chi connectivity index (χ1) is 2.89. The summed E-state index contributed by atoms with van der Waals surface area (Å²) in [4.78, 5) is 3.93. The molecule has 1 aliphatic rings. The minimum Gasteiger partial charge on any atom is -0.372 e. The molecule has 1 atom stereocenters. The quantitative estimate of drug-likeness (QED) is 0.449.